The zero-order valence-corrected chi connectivity index (χ0v) is 11.4. The maximum absolute atomic E-state index is 13.6. The highest BCUT2D eigenvalue weighted by Crippen LogP contribution is 2.26. The van der Waals surface area contributed by atoms with E-state index in [1.807, 2.05) is 12.1 Å². The van der Waals surface area contributed by atoms with Crippen LogP contribution in [0.2, 0.25) is 0 Å². The van der Waals surface area contributed by atoms with Gasteiger partial charge in [0.05, 0.1) is 12.8 Å². The first-order valence-electron chi connectivity index (χ1n) is 5.38. The fraction of sp³-hybridized carbons (Fsp3) is 0.154. The number of methoxy groups -OCH3 is 1. The van der Waals surface area contributed by atoms with E-state index in [1.165, 1.54) is 6.07 Å². The summed E-state index contributed by atoms with van der Waals surface area (Å²) >= 11 is 3.31. The van der Waals surface area contributed by atoms with Gasteiger partial charge in [-0.15, -0.1) is 0 Å². The van der Waals surface area contributed by atoms with Gasteiger partial charge in [0.1, 0.15) is 5.82 Å². The van der Waals surface area contributed by atoms with Crippen LogP contribution in [-0.4, -0.2) is 12.1 Å². The van der Waals surface area contributed by atoms with Gasteiger partial charge in [-0.2, -0.15) is 0 Å². The van der Waals surface area contributed by atoms with Crippen LogP contribution in [0.4, 0.5) is 10.1 Å². The van der Waals surface area contributed by atoms with Crippen molar-refractivity contribution >= 4 is 21.6 Å². The van der Waals surface area contributed by atoms with Gasteiger partial charge in [-0.3, -0.25) is 0 Å². The summed E-state index contributed by atoms with van der Waals surface area (Å²) in [5, 5.41) is 3.03. The normalized spacial score (nSPS) is 10.2. The minimum Gasteiger partial charge on any atom is -0.481 e. The molecule has 2 rings (SSSR count). The molecule has 1 aromatic heterocycles. The van der Waals surface area contributed by atoms with E-state index >= 15 is 0 Å². The van der Waals surface area contributed by atoms with Crippen LogP contribution in [0.15, 0.2) is 41.0 Å². The summed E-state index contributed by atoms with van der Waals surface area (Å²) in [7, 11) is 1.56. The van der Waals surface area contributed by atoms with E-state index in [-0.39, 0.29) is 5.82 Å². The summed E-state index contributed by atoms with van der Waals surface area (Å²) < 4.78 is 19.4. The third-order valence-corrected chi connectivity index (χ3v) is 3.12. The van der Waals surface area contributed by atoms with Crippen LogP contribution in [-0.2, 0) is 6.54 Å². The second-order valence-electron chi connectivity index (χ2n) is 3.62. The van der Waals surface area contributed by atoms with E-state index in [2.05, 4.69) is 26.2 Å². The molecular weight excluding hydrogens is 299 g/mol. The van der Waals surface area contributed by atoms with Gasteiger partial charge in [0.25, 0.3) is 0 Å². The Kier molecular flexibility index (Phi) is 4.15. The van der Waals surface area contributed by atoms with Gasteiger partial charge in [0, 0.05) is 22.8 Å². The van der Waals surface area contributed by atoms with Crippen molar-refractivity contribution in [1.29, 1.82) is 0 Å². The van der Waals surface area contributed by atoms with Crippen LogP contribution in [0.3, 0.4) is 0 Å². The molecule has 18 heavy (non-hydrogen) atoms. The second kappa shape index (κ2) is 5.82. The molecule has 2 aromatic rings. The Morgan fingerprint density at radius 2 is 2.17 bits per heavy atom. The summed E-state index contributed by atoms with van der Waals surface area (Å²) in [5.74, 6) is 0.240. The number of ether oxygens (including phenoxy) is 1. The number of benzene rings is 1. The topological polar surface area (TPSA) is 34.1 Å². The zero-order chi connectivity index (χ0) is 13.0. The molecule has 94 valence electrons. The van der Waals surface area contributed by atoms with E-state index in [0.29, 0.717) is 22.6 Å². The summed E-state index contributed by atoms with van der Waals surface area (Å²) in [5.41, 5.74) is 1.30. The molecule has 0 aliphatic heterocycles. The van der Waals surface area contributed by atoms with Crippen molar-refractivity contribution in [2.45, 2.75) is 6.54 Å². The lowest BCUT2D eigenvalue weighted by Gasteiger charge is -2.11. The largest absolute Gasteiger partial charge is 0.481 e. The van der Waals surface area contributed by atoms with Crippen LogP contribution in [0.25, 0.3) is 0 Å². The average molecular weight is 311 g/mol. The maximum Gasteiger partial charge on any atom is 0.218 e. The van der Waals surface area contributed by atoms with E-state index < -0.39 is 0 Å². The summed E-state index contributed by atoms with van der Waals surface area (Å²) in [6, 6.07) is 8.54. The van der Waals surface area contributed by atoms with Crippen molar-refractivity contribution in [3.8, 4) is 5.88 Å². The number of aromatic nitrogens is 1. The molecule has 0 unspecified atom stereocenters. The molecule has 0 spiro atoms. The Labute approximate surface area is 113 Å². The monoisotopic (exact) mass is 310 g/mol. The Hall–Kier alpha value is -1.62. The number of nitrogens with zero attached hydrogens (tertiary/aromatic N) is 1. The standard InChI is InChI=1S/C13H12BrFN2O/c1-18-13-9(4-3-7-16-13)8-17-12-10(14)5-2-6-11(12)15/h2-7,17H,8H2,1H3. The van der Waals surface area contributed by atoms with Crippen molar-refractivity contribution in [3.63, 3.8) is 0 Å². The Morgan fingerprint density at radius 1 is 1.33 bits per heavy atom. The molecular formula is C13H12BrFN2O. The number of hydrogen-bond donors (Lipinski definition) is 1. The molecule has 0 atom stereocenters. The molecule has 0 saturated heterocycles. The molecule has 1 N–H and O–H groups in total. The number of halogens is 2. The van der Waals surface area contributed by atoms with Crippen molar-refractivity contribution < 1.29 is 9.13 Å². The molecule has 0 fully saturated rings. The summed E-state index contributed by atoms with van der Waals surface area (Å²) in [6.45, 7) is 0.441. The summed E-state index contributed by atoms with van der Waals surface area (Å²) in [4.78, 5) is 4.09. The van der Waals surface area contributed by atoms with E-state index in [9.17, 15) is 4.39 Å². The minimum atomic E-state index is -0.299. The number of anilines is 1. The fourth-order valence-corrected chi connectivity index (χ4v) is 2.07. The lowest BCUT2D eigenvalue weighted by Crippen LogP contribution is -2.04. The van der Waals surface area contributed by atoms with E-state index in [1.54, 1.807) is 25.4 Å². The minimum absolute atomic E-state index is 0.299. The lowest BCUT2D eigenvalue weighted by molar-refractivity contribution is 0.393. The molecule has 0 saturated carbocycles. The van der Waals surface area contributed by atoms with Gasteiger partial charge in [-0.05, 0) is 34.1 Å². The van der Waals surface area contributed by atoms with Gasteiger partial charge in [-0.25, -0.2) is 9.37 Å². The van der Waals surface area contributed by atoms with E-state index in [0.717, 1.165) is 5.56 Å². The number of para-hydroxylation sites is 1. The van der Waals surface area contributed by atoms with Gasteiger partial charge < -0.3 is 10.1 Å². The van der Waals surface area contributed by atoms with Crippen LogP contribution in [0.1, 0.15) is 5.56 Å². The first-order valence-corrected chi connectivity index (χ1v) is 6.17. The Bertz CT molecular complexity index is 528. The van der Waals surface area contributed by atoms with Crippen LogP contribution in [0, 0.1) is 5.82 Å². The average Bonchev–Trinajstić information content (AvgIpc) is 2.38. The molecule has 1 aromatic carbocycles. The maximum atomic E-state index is 13.6. The van der Waals surface area contributed by atoms with Gasteiger partial charge in [0.15, 0.2) is 0 Å². The van der Waals surface area contributed by atoms with Gasteiger partial charge in [0.2, 0.25) is 5.88 Å². The van der Waals surface area contributed by atoms with Crippen molar-refractivity contribution in [1.82, 2.24) is 4.98 Å². The third kappa shape index (κ3) is 2.79. The first-order chi connectivity index (χ1) is 8.72. The molecule has 0 radical (unpaired) electrons. The predicted molar refractivity (Wildman–Crippen MR) is 72.2 cm³/mol. The van der Waals surface area contributed by atoms with Crippen LogP contribution in [0.5, 0.6) is 5.88 Å². The van der Waals surface area contributed by atoms with Crippen molar-refractivity contribution in [2.24, 2.45) is 0 Å². The van der Waals surface area contributed by atoms with Crippen LogP contribution < -0.4 is 10.1 Å². The molecule has 0 aliphatic rings. The number of hydrogen-bond acceptors (Lipinski definition) is 3. The highest BCUT2D eigenvalue weighted by Gasteiger charge is 2.08. The number of pyridine rings is 1. The first kappa shape index (κ1) is 12.8. The molecule has 0 bridgehead atoms. The zero-order valence-electron chi connectivity index (χ0n) is 9.78. The highest BCUT2D eigenvalue weighted by molar-refractivity contribution is 9.10. The highest BCUT2D eigenvalue weighted by atomic mass is 79.9. The number of nitrogens with one attached hydrogen (secondary N) is 1. The fourth-order valence-electron chi connectivity index (χ4n) is 1.59. The molecule has 0 aliphatic carbocycles. The lowest BCUT2D eigenvalue weighted by atomic mass is 10.2. The number of rotatable bonds is 4. The second-order valence-corrected chi connectivity index (χ2v) is 4.48. The van der Waals surface area contributed by atoms with Gasteiger partial charge in [-0.1, -0.05) is 12.1 Å². The Balaban J connectivity index is 2.16. The smallest absolute Gasteiger partial charge is 0.218 e. The quantitative estimate of drug-likeness (QED) is 0.937. The molecule has 5 heteroatoms. The molecule has 0 amide bonds. The van der Waals surface area contributed by atoms with Crippen molar-refractivity contribution in [2.75, 3.05) is 12.4 Å². The van der Waals surface area contributed by atoms with E-state index in [4.69, 9.17) is 4.74 Å². The van der Waals surface area contributed by atoms with Crippen molar-refractivity contribution in [3.05, 3.63) is 52.4 Å². The predicted octanol–water partition coefficient (Wildman–Crippen LogP) is 3.60. The SMILES string of the molecule is COc1ncccc1CNc1c(F)cccc1Br. The van der Waals surface area contributed by atoms with Crippen LogP contribution >= 0.6 is 15.9 Å². The summed E-state index contributed by atoms with van der Waals surface area (Å²) in [6.07, 6.45) is 1.65. The van der Waals surface area contributed by atoms with Gasteiger partial charge >= 0.3 is 0 Å². The third-order valence-electron chi connectivity index (χ3n) is 2.46. The molecule has 3 nitrogen and oxygen atoms in total. The molecule has 1 heterocycles. The Morgan fingerprint density at radius 3 is 2.89 bits per heavy atom.